The van der Waals surface area contributed by atoms with Crippen molar-refractivity contribution in [1.29, 1.82) is 0 Å². The summed E-state index contributed by atoms with van der Waals surface area (Å²) in [6, 6.07) is 8.95. The summed E-state index contributed by atoms with van der Waals surface area (Å²) in [5, 5.41) is 11.1. The molecule has 0 aliphatic heterocycles. The lowest BCUT2D eigenvalue weighted by molar-refractivity contribution is 0.102. The quantitative estimate of drug-likeness (QED) is 0.802. The molecule has 2 heterocycles. The fourth-order valence-corrected chi connectivity index (χ4v) is 2.19. The van der Waals surface area contributed by atoms with Gasteiger partial charge in [-0.3, -0.25) is 9.48 Å². The molecule has 0 saturated heterocycles. The SMILES string of the molecule is Cc1cc(NC(=O)c2cccc(Cn3cc(Cl)cn3)c2)no1. The molecule has 7 heteroatoms. The van der Waals surface area contributed by atoms with Crippen LogP contribution >= 0.6 is 11.6 Å². The van der Waals surface area contributed by atoms with Gasteiger partial charge in [-0.15, -0.1) is 0 Å². The van der Waals surface area contributed by atoms with Gasteiger partial charge in [0.15, 0.2) is 5.82 Å². The number of carbonyl (C=O) groups excluding carboxylic acids is 1. The van der Waals surface area contributed by atoms with Crippen molar-refractivity contribution in [3.05, 3.63) is 64.6 Å². The zero-order valence-corrected chi connectivity index (χ0v) is 12.5. The smallest absolute Gasteiger partial charge is 0.256 e. The first-order valence-corrected chi connectivity index (χ1v) is 6.99. The van der Waals surface area contributed by atoms with Crippen molar-refractivity contribution >= 4 is 23.3 Å². The largest absolute Gasteiger partial charge is 0.360 e. The molecule has 0 saturated carbocycles. The van der Waals surface area contributed by atoms with Crippen molar-refractivity contribution in [2.45, 2.75) is 13.5 Å². The minimum Gasteiger partial charge on any atom is -0.360 e. The predicted molar refractivity (Wildman–Crippen MR) is 82.0 cm³/mol. The van der Waals surface area contributed by atoms with Crippen LogP contribution in [0.2, 0.25) is 5.02 Å². The standard InChI is InChI=1S/C15H13ClN4O2/c1-10-5-14(19-22-10)18-15(21)12-4-2-3-11(6-12)8-20-9-13(16)7-17-20/h2-7,9H,8H2,1H3,(H,18,19,21). The van der Waals surface area contributed by atoms with Crippen LogP contribution in [-0.2, 0) is 6.54 Å². The van der Waals surface area contributed by atoms with E-state index in [1.807, 2.05) is 12.1 Å². The highest BCUT2D eigenvalue weighted by molar-refractivity contribution is 6.30. The van der Waals surface area contributed by atoms with E-state index >= 15 is 0 Å². The highest BCUT2D eigenvalue weighted by Crippen LogP contribution is 2.13. The van der Waals surface area contributed by atoms with Crippen LogP contribution in [0.25, 0.3) is 0 Å². The van der Waals surface area contributed by atoms with Gasteiger partial charge in [0.25, 0.3) is 5.91 Å². The Bertz CT molecular complexity index is 809. The number of hydrogen-bond donors (Lipinski definition) is 1. The van der Waals surface area contributed by atoms with Crippen LogP contribution in [0.15, 0.2) is 47.2 Å². The third kappa shape index (κ3) is 3.35. The maximum Gasteiger partial charge on any atom is 0.256 e. The summed E-state index contributed by atoms with van der Waals surface area (Å²) in [7, 11) is 0. The van der Waals surface area contributed by atoms with Crippen molar-refractivity contribution in [3.8, 4) is 0 Å². The van der Waals surface area contributed by atoms with Crippen molar-refractivity contribution < 1.29 is 9.32 Å². The molecule has 1 N–H and O–H groups in total. The first kappa shape index (κ1) is 14.3. The molecule has 22 heavy (non-hydrogen) atoms. The Morgan fingerprint density at radius 3 is 2.95 bits per heavy atom. The predicted octanol–water partition coefficient (Wildman–Crippen LogP) is 3.13. The lowest BCUT2D eigenvalue weighted by Crippen LogP contribution is -2.12. The number of aryl methyl sites for hydroxylation is 1. The third-order valence-electron chi connectivity index (χ3n) is 3.01. The van der Waals surface area contributed by atoms with E-state index in [2.05, 4.69) is 15.6 Å². The lowest BCUT2D eigenvalue weighted by atomic mass is 10.1. The summed E-state index contributed by atoms with van der Waals surface area (Å²) in [6.45, 7) is 2.30. The molecule has 0 aliphatic carbocycles. The Hall–Kier alpha value is -2.60. The van der Waals surface area contributed by atoms with Crippen LogP contribution in [0.3, 0.4) is 0 Å². The Balaban J connectivity index is 1.74. The monoisotopic (exact) mass is 316 g/mol. The van der Waals surface area contributed by atoms with E-state index in [1.54, 1.807) is 42.2 Å². The highest BCUT2D eigenvalue weighted by atomic mass is 35.5. The minimum absolute atomic E-state index is 0.242. The molecule has 0 unspecified atom stereocenters. The maximum absolute atomic E-state index is 12.2. The van der Waals surface area contributed by atoms with E-state index in [0.717, 1.165) is 5.56 Å². The molecule has 0 radical (unpaired) electrons. The molecule has 0 atom stereocenters. The number of hydrogen-bond acceptors (Lipinski definition) is 4. The van der Waals surface area contributed by atoms with Gasteiger partial charge < -0.3 is 9.84 Å². The summed E-state index contributed by atoms with van der Waals surface area (Å²) >= 11 is 5.84. The number of nitrogens with one attached hydrogen (secondary N) is 1. The number of halogens is 1. The van der Waals surface area contributed by atoms with Crippen LogP contribution in [0.4, 0.5) is 5.82 Å². The first-order chi connectivity index (χ1) is 10.6. The van der Waals surface area contributed by atoms with Crippen LogP contribution < -0.4 is 5.32 Å². The van der Waals surface area contributed by atoms with Crippen molar-refractivity contribution in [3.63, 3.8) is 0 Å². The maximum atomic E-state index is 12.2. The average Bonchev–Trinajstić information content (AvgIpc) is 3.08. The molecule has 3 rings (SSSR count). The summed E-state index contributed by atoms with van der Waals surface area (Å²) in [5.74, 6) is 0.792. The van der Waals surface area contributed by atoms with E-state index < -0.39 is 0 Å². The van der Waals surface area contributed by atoms with Gasteiger partial charge in [-0.25, -0.2) is 0 Å². The molecule has 0 aliphatic rings. The summed E-state index contributed by atoms with van der Waals surface area (Å²) < 4.78 is 6.63. The zero-order valence-electron chi connectivity index (χ0n) is 11.8. The van der Waals surface area contributed by atoms with E-state index in [9.17, 15) is 4.79 Å². The molecular formula is C15H13ClN4O2. The van der Waals surface area contributed by atoms with Crippen molar-refractivity contribution in [1.82, 2.24) is 14.9 Å². The fraction of sp³-hybridized carbons (Fsp3) is 0.133. The van der Waals surface area contributed by atoms with Crippen LogP contribution in [0.1, 0.15) is 21.7 Å². The van der Waals surface area contributed by atoms with E-state index in [1.165, 1.54) is 0 Å². The van der Waals surface area contributed by atoms with Gasteiger partial charge >= 0.3 is 0 Å². The van der Waals surface area contributed by atoms with Gasteiger partial charge in [0.1, 0.15) is 5.76 Å². The molecule has 0 spiro atoms. The summed E-state index contributed by atoms with van der Waals surface area (Å²) in [4.78, 5) is 12.2. The van der Waals surface area contributed by atoms with Crippen LogP contribution in [-0.4, -0.2) is 20.8 Å². The molecule has 112 valence electrons. The number of benzene rings is 1. The van der Waals surface area contributed by atoms with E-state index in [-0.39, 0.29) is 5.91 Å². The average molecular weight is 317 g/mol. The summed E-state index contributed by atoms with van der Waals surface area (Å²) in [6.07, 6.45) is 3.30. The normalized spacial score (nSPS) is 10.6. The van der Waals surface area contributed by atoms with Crippen molar-refractivity contribution in [2.75, 3.05) is 5.32 Å². The number of carbonyl (C=O) groups is 1. The van der Waals surface area contributed by atoms with Gasteiger partial charge in [-0.05, 0) is 24.6 Å². The Morgan fingerprint density at radius 1 is 1.41 bits per heavy atom. The zero-order chi connectivity index (χ0) is 15.5. The minimum atomic E-state index is -0.242. The third-order valence-corrected chi connectivity index (χ3v) is 3.20. The molecule has 0 fully saturated rings. The topological polar surface area (TPSA) is 73.0 Å². The molecule has 6 nitrogen and oxygen atoms in total. The van der Waals surface area contributed by atoms with Crippen molar-refractivity contribution in [2.24, 2.45) is 0 Å². The van der Waals surface area contributed by atoms with E-state index in [0.29, 0.717) is 28.7 Å². The van der Waals surface area contributed by atoms with Gasteiger partial charge in [0, 0.05) is 17.8 Å². The first-order valence-electron chi connectivity index (χ1n) is 6.62. The van der Waals surface area contributed by atoms with Gasteiger partial charge in [0.2, 0.25) is 0 Å². The van der Waals surface area contributed by atoms with Gasteiger partial charge in [-0.2, -0.15) is 5.10 Å². The number of amides is 1. The molecule has 2 aromatic heterocycles. The Kier molecular flexibility index (Phi) is 3.93. The molecule has 1 amide bonds. The van der Waals surface area contributed by atoms with Gasteiger partial charge in [0.05, 0.1) is 17.8 Å². The molecule has 0 bridgehead atoms. The molecular weight excluding hydrogens is 304 g/mol. The second kappa shape index (κ2) is 6.03. The Labute approximate surface area is 131 Å². The molecule has 1 aromatic carbocycles. The number of rotatable bonds is 4. The number of nitrogens with zero attached hydrogens (tertiary/aromatic N) is 3. The van der Waals surface area contributed by atoms with E-state index in [4.69, 9.17) is 16.1 Å². The Morgan fingerprint density at radius 2 is 2.27 bits per heavy atom. The second-order valence-corrected chi connectivity index (χ2v) is 5.27. The summed E-state index contributed by atoms with van der Waals surface area (Å²) in [5.41, 5.74) is 1.49. The van der Waals surface area contributed by atoms with Gasteiger partial charge in [-0.1, -0.05) is 28.9 Å². The highest BCUT2D eigenvalue weighted by Gasteiger charge is 2.09. The van der Waals surface area contributed by atoms with Crippen LogP contribution in [0.5, 0.6) is 0 Å². The van der Waals surface area contributed by atoms with Crippen LogP contribution in [0, 0.1) is 6.92 Å². The molecule has 3 aromatic rings. The lowest BCUT2D eigenvalue weighted by Gasteiger charge is -2.05. The second-order valence-electron chi connectivity index (χ2n) is 4.83. The fourth-order valence-electron chi connectivity index (χ4n) is 2.04. The number of anilines is 1. The number of aromatic nitrogens is 3.